The number of rotatable bonds is 7. The molecule has 0 amide bonds. The van der Waals surface area contributed by atoms with Gasteiger partial charge in [-0.3, -0.25) is 0 Å². The first-order valence-corrected chi connectivity index (χ1v) is 10.3. The molecule has 0 bridgehead atoms. The van der Waals surface area contributed by atoms with Crippen LogP contribution in [0.3, 0.4) is 0 Å². The Labute approximate surface area is 182 Å². The minimum Gasteiger partial charge on any atom is -0.463 e. The predicted molar refractivity (Wildman–Crippen MR) is 122 cm³/mol. The van der Waals surface area contributed by atoms with Crippen molar-refractivity contribution in [2.24, 2.45) is 0 Å². The third-order valence-corrected chi connectivity index (χ3v) is 4.82. The van der Waals surface area contributed by atoms with Crippen LogP contribution in [0, 0.1) is 0 Å². The van der Waals surface area contributed by atoms with E-state index in [0.717, 1.165) is 22.4 Å². The number of aromatic nitrogens is 1. The lowest BCUT2D eigenvalue weighted by atomic mass is 10.0. The summed E-state index contributed by atoms with van der Waals surface area (Å²) in [4.78, 5) is 17.4. The maximum atomic E-state index is 12.7. The summed E-state index contributed by atoms with van der Waals surface area (Å²) in [5.41, 5.74) is 4.46. The number of nitrogens with zero attached hydrogens (tertiary/aromatic N) is 1. The largest absolute Gasteiger partial charge is 0.463 e. The van der Waals surface area contributed by atoms with Gasteiger partial charge in [-0.2, -0.15) is 0 Å². The van der Waals surface area contributed by atoms with Gasteiger partial charge in [0.15, 0.2) is 0 Å². The molecule has 1 heterocycles. The summed E-state index contributed by atoms with van der Waals surface area (Å²) in [6.07, 6.45) is -0.900. The lowest BCUT2D eigenvalue weighted by Gasteiger charge is -2.18. The zero-order valence-corrected chi connectivity index (χ0v) is 17.3. The number of hydrogen-bond acceptors (Lipinski definition) is 4. The van der Waals surface area contributed by atoms with Crippen molar-refractivity contribution in [3.05, 3.63) is 109 Å². The van der Waals surface area contributed by atoms with Crippen LogP contribution in [-0.4, -0.2) is 17.6 Å². The van der Waals surface area contributed by atoms with Gasteiger partial charge in [-0.1, -0.05) is 91.0 Å². The molecule has 0 fully saturated rings. The third-order valence-electron chi connectivity index (χ3n) is 4.82. The van der Waals surface area contributed by atoms with Crippen molar-refractivity contribution in [2.75, 3.05) is 6.61 Å². The predicted octanol–water partition coefficient (Wildman–Crippen LogP) is 6.10. The number of carbonyl (C=O) groups excluding carboxylic acids is 1. The highest BCUT2D eigenvalue weighted by Gasteiger charge is 2.25. The van der Waals surface area contributed by atoms with E-state index in [9.17, 15) is 4.79 Å². The van der Waals surface area contributed by atoms with E-state index in [1.807, 2.05) is 103 Å². The molecule has 0 radical (unpaired) electrons. The Kier molecular flexibility index (Phi) is 6.38. The van der Waals surface area contributed by atoms with E-state index in [1.165, 1.54) is 0 Å². The Balaban J connectivity index is 1.78. The van der Waals surface area contributed by atoms with Crippen molar-refractivity contribution < 1.29 is 14.3 Å². The van der Waals surface area contributed by atoms with Gasteiger partial charge in [0.05, 0.1) is 12.3 Å². The minimum atomic E-state index is -0.900. The van der Waals surface area contributed by atoms with Crippen LogP contribution in [0.25, 0.3) is 22.4 Å². The lowest BCUT2D eigenvalue weighted by molar-refractivity contribution is -0.151. The molecule has 0 aliphatic heterocycles. The number of carbonyl (C=O) groups is 1. The second-order valence-electron chi connectivity index (χ2n) is 6.97. The van der Waals surface area contributed by atoms with Crippen LogP contribution in [0.5, 0.6) is 5.88 Å². The molecule has 1 unspecified atom stereocenters. The fraction of sp³-hybridized carbons (Fsp3) is 0.111. The molecular formula is C27H23NO3. The number of pyridine rings is 1. The molecule has 4 nitrogen and oxygen atoms in total. The van der Waals surface area contributed by atoms with E-state index >= 15 is 0 Å². The molecule has 0 spiro atoms. The topological polar surface area (TPSA) is 48.4 Å². The Hall–Kier alpha value is -3.92. The summed E-state index contributed by atoms with van der Waals surface area (Å²) in [5, 5.41) is 0. The van der Waals surface area contributed by atoms with Crippen molar-refractivity contribution in [1.82, 2.24) is 4.98 Å². The van der Waals surface area contributed by atoms with Gasteiger partial charge in [-0.25, -0.2) is 9.78 Å². The first-order chi connectivity index (χ1) is 15.2. The number of esters is 1. The molecule has 0 aliphatic rings. The van der Waals surface area contributed by atoms with Crippen LogP contribution in [0.15, 0.2) is 103 Å². The zero-order valence-electron chi connectivity index (χ0n) is 17.3. The van der Waals surface area contributed by atoms with Gasteiger partial charge in [0.25, 0.3) is 0 Å². The van der Waals surface area contributed by atoms with Crippen LogP contribution in [0.1, 0.15) is 18.6 Å². The van der Waals surface area contributed by atoms with Gasteiger partial charge in [-0.15, -0.1) is 0 Å². The van der Waals surface area contributed by atoms with Gasteiger partial charge in [0.1, 0.15) is 0 Å². The summed E-state index contributed by atoms with van der Waals surface area (Å²) < 4.78 is 11.4. The maximum absolute atomic E-state index is 12.7. The van der Waals surface area contributed by atoms with E-state index < -0.39 is 12.1 Å². The van der Waals surface area contributed by atoms with Crippen LogP contribution in [0.4, 0.5) is 0 Å². The van der Waals surface area contributed by atoms with Gasteiger partial charge in [-0.05, 0) is 24.1 Å². The normalized spacial score (nSPS) is 11.5. The number of ether oxygens (including phenoxy) is 2. The number of hydrogen-bond donors (Lipinski definition) is 0. The van der Waals surface area contributed by atoms with E-state index in [0.29, 0.717) is 11.4 Å². The monoisotopic (exact) mass is 409 g/mol. The first kappa shape index (κ1) is 20.4. The molecule has 0 saturated heterocycles. The number of benzene rings is 3. The van der Waals surface area contributed by atoms with Crippen LogP contribution in [-0.2, 0) is 9.53 Å². The summed E-state index contributed by atoms with van der Waals surface area (Å²) in [6.45, 7) is 2.06. The highest BCUT2D eigenvalue weighted by molar-refractivity contribution is 5.77. The summed E-state index contributed by atoms with van der Waals surface area (Å²) >= 11 is 0. The average Bonchev–Trinajstić information content (AvgIpc) is 2.84. The van der Waals surface area contributed by atoms with Crippen LogP contribution >= 0.6 is 0 Å². The smallest absolute Gasteiger partial charge is 0.352 e. The molecular weight excluding hydrogens is 386 g/mol. The van der Waals surface area contributed by atoms with E-state index in [2.05, 4.69) is 0 Å². The highest BCUT2D eigenvalue weighted by Crippen LogP contribution is 2.31. The molecule has 4 aromatic rings. The fourth-order valence-electron chi connectivity index (χ4n) is 3.34. The molecule has 1 atom stereocenters. The van der Waals surface area contributed by atoms with Crippen molar-refractivity contribution in [1.29, 1.82) is 0 Å². The van der Waals surface area contributed by atoms with Crippen molar-refractivity contribution >= 4 is 5.97 Å². The molecule has 1 aromatic heterocycles. The lowest BCUT2D eigenvalue weighted by Crippen LogP contribution is -2.22. The standard InChI is InChI=1S/C27H23NO3/c1-2-30-27(29)26(22-16-10-5-11-17-22)31-25-19-23(20-12-6-3-7-13-20)18-24(28-25)21-14-8-4-9-15-21/h3-19,26H,2H2,1H3. The molecule has 4 rings (SSSR count). The van der Waals surface area contributed by atoms with Gasteiger partial charge in [0.2, 0.25) is 12.0 Å². The molecule has 3 aromatic carbocycles. The Morgan fingerprint density at radius 1 is 0.774 bits per heavy atom. The Bertz CT molecular complexity index is 1070. The maximum Gasteiger partial charge on any atom is 0.352 e. The molecule has 0 saturated carbocycles. The van der Waals surface area contributed by atoms with E-state index in [4.69, 9.17) is 14.5 Å². The van der Waals surface area contributed by atoms with E-state index in [1.54, 1.807) is 6.92 Å². The quantitative estimate of drug-likeness (QED) is 0.346. The molecule has 154 valence electrons. The van der Waals surface area contributed by atoms with Crippen molar-refractivity contribution in [3.8, 4) is 28.3 Å². The minimum absolute atomic E-state index is 0.276. The summed E-state index contributed by atoms with van der Waals surface area (Å²) in [5.74, 6) is -0.0796. The molecule has 0 N–H and O–H groups in total. The second-order valence-corrected chi connectivity index (χ2v) is 6.97. The van der Waals surface area contributed by atoms with Crippen molar-refractivity contribution in [3.63, 3.8) is 0 Å². The van der Waals surface area contributed by atoms with Gasteiger partial charge in [0, 0.05) is 17.2 Å². The third kappa shape index (κ3) is 4.98. The second kappa shape index (κ2) is 9.72. The fourth-order valence-corrected chi connectivity index (χ4v) is 3.34. The first-order valence-electron chi connectivity index (χ1n) is 10.3. The zero-order chi connectivity index (χ0) is 21.5. The van der Waals surface area contributed by atoms with Gasteiger partial charge >= 0.3 is 5.97 Å². The highest BCUT2D eigenvalue weighted by atomic mass is 16.6. The molecule has 0 aliphatic carbocycles. The summed E-state index contributed by atoms with van der Waals surface area (Å²) in [7, 11) is 0. The van der Waals surface area contributed by atoms with Gasteiger partial charge < -0.3 is 9.47 Å². The van der Waals surface area contributed by atoms with Crippen LogP contribution in [0.2, 0.25) is 0 Å². The Morgan fingerprint density at radius 3 is 1.97 bits per heavy atom. The average molecular weight is 409 g/mol. The van der Waals surface area contributed by atoms with Crippen molar-refractivity contribution in [2.45, 2.75) is 13.0 Å². The van der Waals surface area contributed by atoms with E-state index in [-0.39, 0.29) is 6.61 Å². The summed E-state index contributed by atoms with van der Waals surface area (Å²) in [6, 6.07) is 33.2. The van der Waals surface area contributed by atoms with Crippen LogP contribution < -0.4 is 4.74 Å². The molecule has 31 heavy (non-hydrogen) atoms. The molecule has 4 heteroatoms. The Morgan fingerprint density at radius 2 is 1.35 bits per heavy atom. The SMILES string of the molecule is CCOC(=O)C(Oc1cc(-c2ccccc2)cc(-c2ccccc2)n1)c1ccccc1.